The van der Waals surface area contributed by atoms with Gasteiger partial charge >= 0.3 is 0 Å². The Morgan fingerprint density at radius 1 is 1.53 bits per heavy atom. The van der Waals surface area contributed by atoms with E-state index in [1.807, 2.05) is 0 Å². The number of nitrogens with one attached hydrogen (secondary N) is 1. The number of aromatic nitrogens is 2. The summed E-state index contributed by atoms with van der Waals surface area (Å²) in [6, 6.07) is 0. The highest BCUT2D eigenvalue weighted by molar-refractivity contribution is 7.09. The lowest BCUT2D eigenvalue weighted by atomic mass is 9.78. The van der Waals surface area contributed by atoms with Crippen molar-refractivity contribution >= 4 is 16.7 Å². The van der Waals surface area contributed by atoms with Gasteiger partial charge in [0, 0.05) is 30.0 Å². The van der Waals surface area contributed by atoms with Gasteiger partial charge in [0.15, 0.2) is 0 Å². The van der Waals surface area contributed by atoms with Crippen molar-refractivity contribution in [2.24, 2.45) is 5.73 Å². The lowest BCUT2D eigenvalue weighted by Gasteiger charge is -2.37. The molecule has 15 heavy (non-hydrogen) atoms. The van der Waals surface area contributed by atoms with E-state index in [0.29, 0.717) is 0 Å². The number of anilines is 1. The molecule has 0 aromatic carbocycles. The lowest BCUT2D eigenvalue weighted by Crippen LogP contribution is -2.51. The third-order valence-corrected chi connectivity index (χ3v) is 3.59. The molecule has 84 valence electrons. The molecule has 0 radical (unpaired) electrons. The molecule has 4 nitrogen and oxygen atoms in total. The van der Waals surface area contributed by atoms with Gasteiger partial charge in [0.2, 0.25) is 5.13 Å². The van der Waals surface area contributed by atoms with E-state index in [0.717, 1.165) is 43.2 Å². The van der Waals surface area contributed by atoms with Crippen molar-refractivity contribution in [1.29, 1.82) is 0 Å². The van der Waals surface area contributed by atoms with Crippen LogP contribution >= 0.6 is 11.5 Å². The van der Waals surface area contributed by atoms with E-state index in [9.17, 15) is 0 Å². The summed E-state index contributed by atoms with van der Waals surface area (Å²) in [6.07, 6.45) is 5.57. The van der Waals surface area contributed by atoms with Crippen molar-refractivity contribution in [2.75, 3.05) is 11.9 Å². The summed E-state index contributed by atoms with van der Waals surface area (Å²) < 4.78 is 4.28. The largest absolute Gasteiger partial charge is 0.358 e. The number of nitrogens with two attached hydrogens (primary N) is 1. The van der Waals surface area contributed by atoms with E-state index in [-0.39, 0.29) is 5.54 Å². The van der Waals surface area contributed by atoms with Gasteiger partial charge in [0.25, 0.3) is 0 Å². The third kappa shape index (κ3) is 2.66. The number of hydrogen-bond donors (Lipinski definition) is 2. The molecular formula is C10H18N4S. The molecule has 1 heterocycles. The van der Waals surface area contributed by atoms with Gasteiger partial charge < -0.3 is 11.1 Å². The van der Waals surface area contributed by atoms with Crippen LogP contribution in [0, 0.1) is 0 Å². The fourth-order valence-electron chi connectivity index (χ4n) is 1.71. The van der Waals surface area contributed by atoms with Crippen molar-refractivity contribution < 1.29 is 0 Å². The lowest BCUT2D eigenvalue weighted by molar-refractivity contribution is 0.265. The minimum atomic E-state index is 0.0105. The zero-order valence-corrected chi connectivity index (χ0v) is 9.94. The molecule has 0 amide bonds. The van der Waals surface area contributed by atoms with E-state index >= 15 is 0 Å². The van der Waals surface area contributed by atoms with Gasteiger partial charge in [0.1, 0.15) is 5.82 Å². The zero-order valence-electron chi connectivity index (χ0n) is 9.12. The van der Waals surface area contributed by atoms with Crippen LogP contribution in [-0.2, 0) is 6.42 Å². The Kier molecular flexibility index (Phi) is 3.21. The van der Waals surface area contributed by atoms with Crippen molar-refractivity contribution in [3.05, 3.63) is 5.82 Å². The molecule has 1 aromatic rings. The topological polar surface area (TPSA) is 63.8 Å². The Hall–Kier alpha value is -0.680. The summed E-state index contributed by atoms with van der Waals surface area (Å²) in [7, 11) is 0. The SMILES string of the molecule is CCCc1nsc(NCC2(N)CCC2)n1. The number of nitrogens with zero attached hydrogens (tertiary/aromatic N) is 2. The Balaban J connectivity index is 1.82. The maximum Gasteiger partial charge on any atom is 0.202 e. The van der Waals surface area contributed by atoms with E-state index in [1.165, 1.54) is 18.0 Å². The first-order chi connectivity index (χ1) is 7.22. The van der Waals surface area contributed by atoms with Crippen molar-refractivity contribution in [1.82, 2.24) is 9.36 Å². The minimum Gasteiger partial charge on any atom is -0.358 e. The monoisotopic (exact) mass is 226 g/mol. The van der Waals surface area contributed by atoms with Crippen LogP contribution in [0.3, 0.4) is 0 Å². The predicted octanol–water partition coefficient (Wildman–Crippen LogP) is 1.78. The van der Waals surface area contributed by atoms with E-state index in [1.54, 1.807) is 0 Å². The average molecular weight is 226 g/mol. The first-order valence-corrected chi connectivity index (χ1v) is 6.34. The van der Waals surface area contributed by atoms with Crippen molar-refractivity contribution in [3.63, 3.8) is 0 Å². The summed E-state index contributed by atoms with van der Waals surface area (Å²) in [5, 5.41) is 4.20. The summed E-state index contributed by atoms with van der Waals surface area (Å²) in [5.41, 5.74) is 6.12. The van der Waals surface area contributed by atoms with Gasteiger partial charge in [-0.15, -0.1) is 0 Å². The summed E-state index contributed by atoms with van der Waals surface area (Å²) in [4.78, 5) is 4.40. The fraction of sp³-hybridized carbons (Fsp3) is 0.800. The van der Waals surface area contributed by atoms with Crippen molar-refractivity contribution in [3.8, 4) is 0 Å². The Morgan fingerprint density at radius 3 is 2.93 bits per heavy atom. The Labute approximate surface area is 94.5 Å². The second kappa shape index (κ2) is 4.45. The maximum absolute atomic E-state index is 6.11. The summed E-state index contributed by atoms with van der Waals surface area (Å²) in [6.45, 7) is 2.96. The first kappa shape index (κ1) is 10.8. The molecule has 1 aromatic heterocycles. The molecule has 0 saturated heterocycles. The summed E-state index contributed by atoms with van der Waals surface area (Å²) >= 11 is 1.44. The van der Waals surface area contributed by atoms with E-state index in [4.69, 9.17) is 5.73 Å². The Morgan fingerprint density at radius 2 is 2.33 bits per heavy atom. The van der Waals surface area contributed by atoms with Crippen LogP contribution in [0.2, 0.25) is 0 Å². The highest BCUT2D eigenvalue weighted by atomic mass is 32.1. The molecule has 1 fully saturated rings. The van der Waals surface area contributed by atoms with E-state index in [2.05, 4.69) is 21.6 Å². The predicted molar refractivity (Wildman–Crippen MR) is 63.2 cm³/mol. The molecular weight excluding hydrogens is 208 g/mol. The van der Waals surface area contributed by atoms with Crippen LogP contribution in [0.1, 0.15) is 38.4 Å². The molecule has 0 unspecified atom stereocenters. The molecule has 1 saturated carbocycles. The molecule has 1 aliphatic rings. The van der Waals surface area contributed by atoms with Crippen LogP contribution in [-0.4, -0.2) is 21.4 Å². The smallest absolute Gasteiger partial charge is 0.202 e. The van der Waals surface area contributed by atoms with Crippen molar-refractivity contribution in [2.45, 2.75) is 44.6 Å². The minimum absolute atomic E-state index is 0.0105. The van der Waals surface area contributed by atoms with E-state index < -0.39 is 0 Å². The average Bonchev–Trinajstić information content (AvgIpc) is 2.60. The molecule has 1 aliphatic carbocycles. The van der Waals surface area contributed by atoms with Gasteiger partial charge in [-0.05, 0) is 25.7 Å². The number of aryl methyl sites for hydroxylation is 1. The van der Waals surface area contributed by atoms with Gasteiger partial charge in [-0.25, -0.2) is 4.98 Å². The summed E-state index contributed by atoms with van der Waals surface area (Å²) in [5.74, 6) is 0.949. The van der Waals surface area contributed by atoms with Crippen LogP contribution in [0.5, 0.6) is 0 Å². The first-order valence-electron chi connectivity index (χ1n) is 5.57. The molecule has 0 bridgehead atoms. The third-order valence-electron chi connectivity index (χ3n) is 2.88. The molecule has 0 aliphatic heterocycles. The zero-order chi connectivity index (χ0) is 10.7. The van der Waals surface area contributed by atoms with Gasteiger partial charge in [-0.1, -0.05) is 6.92 Å². The quantitative estimate of drug-likeness (QED) is 0.803. The highest BCUT2D eigenvalue weighted by Gasteiger charge is 2.32. The van der Waals surface area contributed by atoms with Crippen LogP contribution in [0.4, 0.5) is 5.13 Å². The molecule has 0 spiro atoms. The van der Waals surface area contributed by atoms with Crippen LogP contribution < -0.4 is 11.1 Å². The normalized spacial score (nSPS) is 18.5. The standard InChI is InChI=1S/C10H18N4S/c1-2-4-8-13-9(15-14-8)12-7-10(11)5-3-6-10/h2-7,11H2,1H3,(H,12,13,14). The fourth-order valence-corrected chi connectivity index (χ4v) is 2.32. The number of rotatable bonds is 5. The Bertz CT molecular complexity index is 319. The van der Waals surface area contributed by atoms with Gasteiger partial charge in [-0.2, -0.15) is 4.37 Å². The second-order valence-corrected chi connectivity index (χ2v) is 5.09. The second-order valence-electron chi connectivity index (χ2n) is 4.34. The molecule has 5 heteroatoms. The molecule has 0 atom stereocenters. The van der Waals surface area contributed by atoms with Crippen LogP contribution in [0.25, 0.3) is 0 Å². The van der Waals surface area contributed by atoms with Gasteiger partial charge in [-0.3, -0.25) is 0 Å². The molecule has 3 N–H and O–H groups in total. The van der Waals surface area contributed by atoms with Crippen LogP contribution in [0.15, 0.2) is 0 Å². The maximum atomic E-state index is 6.11. The highest BCUT2D eigenvalue weighted by Crippen LogP contribution is 2.29. The van der Waals surface area contributed by atoms with Gasteiger partial charge in [0.05, 0.1) is 0 Å². The molecule has 2 rings (SSSR count). The number of hydrogen-bond acceptors (Lipinski definition) is 5.